The van der Waals surface area contributed by atoms with Gasteiger partial charge in [-0.2, -0.15) is 0 Å². The van der Waals surface area contributed by atoms with E-state index >= 15 is 0 Å². The van der Waals surface area contributed by atoms with Crippen LogP contribution in [0.2, 0.25) is 0 Å². The highest BCUT2D eigenvalue weighted by Crippen LogP contribution is 2.25. The van der Waals surface area contributed by atoms with E-state index in [1.54, 1.807) is 11.3 Å². The molecule has 0 saturated carbocycles. The Kier molecular flexibility index (Phi) is 3.38. The highest BCUT2D eigenvalue weighted by atomic mass is 35.5. The lowest BCUT2D eigenvalue weighted by Gasteiger charge is -2.16. The van der Waals surface area contributed by atoms with Gasteiger partial charge in [0.15, 0.2) is 0 Å². The SMILES string of the molecule is CCC(c1nccs1)n1cncc1CCl. The van der Waals surface area contributed by atoms with Gasteiger partial charge in [0.1, 0.15) is 5.01 Å². The van der Waals surface area contributed by atoms with Crippen molar-refractivity contribution < 1.29 is 0 Å². The molecular weight excluding hydrogens is 230 g/mol. The summed E-state index contributed by atoms with van der Waals surface area (Å²) in [7, 11) is 0. The summed E-state index contributed by atoms with van der Waals surface area (Å²) in [5.41, 5.74) is 1.04. The van der Waals surface area contributed by atoms with Crippen molar-refractivity contribution in [1.82, 2.24) is 14.5 Å². The molecule has 0 fully saturated rings. The second-order valence-corrected chi connectivity index (χ2v) is 4.41. The van der Waals surface area contributed by atoms with Crippen LogP contribution >= 0.6 is 22.9 Å². The second kappa shape index (κ2) is 4.77. The lowest BCUT2D eigenvalue weighted by molar-refractivity contribution is 0.550. The van der Waals surface area contributed by atoms with Gasteiger partial charge in [0, 0.05) is 17.8 Å². The summed E-state index contributed by atoms with van der Waals surface area (Å²) in [6.07, 6.45) is 6.46. The Morgan fingerprint density at radius 1 is 1.60 bits per heavy atom. The van der Waals surface area contributed by atoms with Crippen LogP contribution in [0.1, 0.15) is 30.1 Å². The Bertz CT molecular complexity index is 410. The Morgan fingerprint density at radius 3 is 3.07 bits per heavy atom. The molecular formula is C10H12ClN3S. The van der Waals surface area contributed by atoms with Gasteiger partial charge in [0.05, 0.1) is 23.9 Å². The lowest BCUT2D eigenvalue weighted by atomic mass is 10.2. The molecule has 3 nitrogen and oxygen atoms in total. The molecule has 1 atom stereocenters. The van der Waals surface area contributed by atoms with E-state index in [1.165, 1.54) is 0 Å². The normalized spacial score (nSPS) is 12.9. The van der Waals surface area contributed by atoms with E-state index in [0.717, 1.165) is 17.1 Å². The largest absolute Gasteiger partial charge is 0.323 e. The van der Waals surface area contributed by atoms with Gasteiger partial charge < -0.3 is 4.57 Å². The Hall–Kier alpha value is -0.870. The van der Waals surface area contributed by atoms with Gasteiger partial charge in [-0.1, -0.05) is 6.92 Å². The molecule has 2 aromatic rings. The molecule has 0 amide bonds. The molecule has 0 aliphatic rings. The molecule has 0 bridgehead atoms. The third kappa shape index (κ3) is 2.06. The maximum Gasteiger partial charge on any atom is 0.115 e. The van der Waals surface area contributed by atoms with E-state index in [4.69, 9.17) is 11.6 Å². The predicted molar refractivity (Wildman–Crippen MR) is 62.3 cm³/mol. The van der Waals surface area contributed by atoms with E-state index in [0.29, 0.717) is 5.88 Å². The standard InChI is InChI=1S/C10H12ClN3S/c1-2-9(10-13-3-4-15-10)14-7-12-6-8(14)5-11/h3-4,6-7,9H,2,5H2,1H3. The third-order valence-corrected chi connectivity index (χ3v) is 3.49. The van der Waals surface area contributed by atoms with E-state index < -0.39 is 0 Å². The van der Waals surface area contributed by atoms with Crippen LogP contribution < -0.4 is 0 Å². The quantitative estimate of drug-likeness (QED) is 0.771. The first-order chi connectivity index (χ1) is 7.36. The zero-order chi connectivity index (χ0) is 10.7. The number of hydrogen-bond acceptors (Lipinski definition) is 3. The fraction of sp³-hybridized carbons (Fsp3) is 0.400. The highest BCUT2D eigenvalue weighted by molar-refractivity contribution is 7.09. The highest BCUT2D eigenvalue weighted by Gasteiger charge is 2.16. The molecule has 2 heterocycles. The molecule has 15 heavy (non-hydrogen) atoms. The molecule has 80 valence electrons. The summed E-state index contributed by atoms with van der Waals surface area (Å²) in [6, 6.07) is 0.265. The Labute approximate surface area is 97.8 Å². The smallest absolute Gasteiger partial charge is 0.115 e. The molecule has 2 rings (SSSR count). The Morgan fingerprint density at radius 2 is 2.47 bits per heavy atom. The minimum absolute atomic E-state index is 0.265. The topological polar surface area (TPSA) is 30.7 Å². The van der Waals surface area contributed by atoms with Crippen LogP contribution in [0.15, 0.2) is 24.1 Å². The van der Waals surface area contributed by atoms with Crippen LogP contribution in [-0.4, -0.2) is 14.5 Å². The van der Waals surface area contributed by atoms with Crippen LogP contribution in [0.5, 0.6) is 0 Å². The zero-order valence-electron chi connectivity index (χ0n) is 8.43. The van der Waals surface area contributed by atoms with Gasteiger partial charge in [-0.3, -0.25) is 0 Å². The number of aromatic nitrogens is 3. The molecule has 0 aliphatic carbocycles. The van der Waals surface area contributed by atoms with Gasteiger partial charge in [-0.15, -0.1) is 22.9 Å². The monoisotopic (exact) mass is 241 g/mol. The molecule has 0 N–H and O–H groups in total. The van der Waals surface area contributed by atoms with Crippen molar-refractivity contribution in [3.05, 3.63) is 34.8 Å². The number of hydrogen-bond donors (Lipinski definition) is 0. The third-order valence-electron chi connectivity index (χ3n) is 2.34. The van der Waals surface area contributed by atoms with Gasteiger partial charge in [0.25, 0.3) is 0 Å². The van der Waals surface area contributed by atoms with Crippen LogP contribution in [0, 0.1) is 0 Å². The minimum atomic E-state index is 0.265. The van der Waals surface area contributed by atoms with Gasteiger partial charge in [-0.25, -0.2) is 9.97 Å². The van der Waals surface area contributed by atoms with Crippen LogP contribution in [0.25, 0.3) is 0 Å². The zero-order valence-corrected chi connectivity index (χ0v) is 10.0. The van der Waals surface area contributed by atoms with Crippen LogP contribution in [0.3, 0.4) is 0 Å². The second-order valence-electron chi connectivity index (χ2n) is 3.22. The number of nitrogens with zero attached hydrogens (tertiary/aromatic N) is 3. The number of alkyl halides is 1. The first-order valence-corrected chi connectivity index (χ1v) is 6.24. The summed E-state index contributed by atoms with van der Waals surface area (Å²) in [4.78, 5) is 8.47. The van der Waals surface area contributed by atoms with Crippen molar-refractivity contribution in [2.45, 2.75) is 25.3 Å². The Balaban J connectivity index is 2.35. The predicted octanol–water partition coefficient (Wildman–Crippen LogP) is 3.08. The van der Waals surface area contributed by atoms with E-state index in [-0.39, 0.29) is 6.04 Å². The molecule has 0 aliphatic heterocycles. The van der Waals surface area contributed by atoms with Crippen molar-refractivity contribution in [3.8, 4) is 0 Å². The van der Waals surface area contributed by atoms with Crippen molar-refractivity contribution >= 4 is 22.9 Å². The van der Waals surface area contributed by atoms with E-state index in [2.05, 4.69) is 21.5 Å². The summed E-state index contributed by atoms with van der Waals surface area (Å²) in [5.74, 6) is 0.488. The van der Waals surface area contributed by atoms with Gasteiger partial charge >= 0.3 is 0 Å². The molecule has 0 aromatic carbocycles. The van der Waals surface area contributed by atoms with Crippen LogP contribution in [0.4, 0.5) is 0 Å². The maximum absolute atomic E-state index is 5.86. The maximum atomic E-state index is 5.86. The lowest BCUT2D eigenvalue weighted by Crippen LogP contribution is -2.10. The van der Waals surface area contributed by atoms with E-state index in [9.17, 15) is 0 Å². The molecule has 5 heteroatoms. The summed E-state index contributed by atoms with van der Waals surface area (Å²) in [5, 5.41) is 3.11. The van der Waals surface area contributed by atoms with Crippen molar-refractivity contribution in [1.29, 1.82) is 0 Å². The first-order valence-electron chi connectivity index (χ1n) is 4.82. The molecule has 1 unspecified atom stereocenters. The van der Waals surface area contributed by atoms with Crippen molar-refractivity contribution in [2.75, 3.05) is 0 Å². The summed E-state index contributed by atoms with van der Waals surface area (Å²) >= 11 is 7.53. The summed E-state index contributed by atoms with van der Waals surface area (Å²) < 4.78 is 2.10. The number of thiazole rings is 1. The fourth-order valence-corrected chi connectivity index (χ4v) is 2.63. The fourth-order valence-electron chi connectivity index (χ4n) is 1.61. The van der Waals surface area contributed by atoms with Gasteiger partial charge in [0.2, 0.25) is 0 Å². The minimum Gasteiger partial charge on any atom is -0.323 e. The molecule has 2 aromatic heterocycles. The van der Waals surface area contributed by atoms with Crippen LogP contribution in [-0.2, 0) is 5.88 Å². The van der Waals surface area contributed by atoms with Gasteiger partial charge in [-0.05, 0) is 6.42 Å². The first kappa shape index (κ1) is 10.6. The molecule has 0 spiro atoms. The number of imidazole rings is 1. The van der Waals surface area contributed by atoms with E-state index in [1.807, 2.05) is 24.1 Å². The average molecular weight is 242 g/mol. The molecule has 0 radical (unpaired) electrons. The number of rotatable bonds is 4. The summed E-state index contributed by atoms with van der Waals surface area (Å²) in [6.45, 7) is 2.14. The number of halogens is 1. The molecule has 0 saturated heterocycles. The van der Waals surface area contributed by atoms with Crippen molar-refractivity contribution in [3.63, 3.8) is 0 Å². The average Bonchev–Trinajstić information content (AvgIpc) is 2.89. The van der Waals surface area contributed by atoms with Crippen molar-refractivity contribution in [2.24, 2.45) is 0 Å².